The number of anilines is 1. The first-order valence-corrected chi connectivity index (χ1v) is 4.34. The molecule has 0 saturated carbocycles. The van der Waals surface area contributed by atoms with Gasteiger partial charge < -0.3 is 14.8 Å². The maximum Gasteiger partial charge on any atom is 0.167 e. The fraction of sp³-hybridized carbons (Fsp3) is 0.400. The molecule has 3 nitrogen and oxygen atoms in total. The van der Waals surface area contributed by atoms with Crippen LogP contribution in [0.15, 0.2) is 18.2 Å². The molecule has 0 aliphatic carbocycles. The minimum atomic E-state index is -0.366. The zero-order chi connectivity index (χ0) is 10.4. The minimum absolute atomic E-state index is 0.252. The van der Waals surface area contributed by atoms with Gasteiger partial charge in [-0.3, -0.25) is 0 Å². The van der Waals surface area contributed by atoms with Gasteiger partial charge >= 0.3 is 0 Å². The van der Waals surface area contributed by atoms with Crippen LogP contribution in [0, 0.1) is 5.82 Å². The van der Waals surface area contributed by atoms with Crippen molar-refractivity contribution in [2.45, 2.75) is 0 Å². The second-order valence-electron chi connectivity index (χ2n) is 2.77. The Labute approximate surface area is 82.8 Å². The summed E-state index contributed by atoms with van der Waals surface area (Å²) < 4.78 is 22.8. The van der Waals surface area contributed by atoms with Gasteiger partial charge in [-0.15, -0.1) is 0 Å². The van der Waals surface area contributed by atoms with Gasteiger partial charge in [-0.1, -0.05) is 0 Å². The third-order valence-corrected chi connectivity index (χ3v) is 1.79. The summed E-state index contributed by atoms with van der Waals surface area (Å²) >= 11 is 0. The van der Waals surface area contributed by atoms with Crippen molar-refractivity contribution in [3.05, 3.63) is 24.0 Å². The van der Waals surface area contributed by atoms with E-state index < -0.39 is 0 Å². The highest BCUT2D eigenvalue weighted by atomic mass is 19.1. The summed E-state index contributed by atoms with van der Waals surface area (Å²) in [6.45, 7) is 1.25. The third-order valence-electron chi connectivity index (χ3n) is 1.79. The molecule has 0 radical (unpaired) electrons. The summed E-state index contributed by atoms with van der Waals surface area (Å²) in [6.07, 6.45) is 0. The van der Waals surface area contributed by atoms with Crippen molar-refractivity contribution >= 4 is 5.69 Å². The molecule has 0 unspecified atom stereocenters. The molecule has 0 atom stereocenters. The van der Waals surface area contributed by atoms with Gasteiger partial charge in [-0.05, 0) is 12.1 Å². The predicted octanol–water partition coefficient (Wildman–Crippen LogP) is 1.89. The van der Waals surface area contributed by atoms with E-state index in [1.54, 1.807) is 19.2 Å². The Bertz CT molecular complexity index is 291. The largest absolute Gasteiger partial charge is 0.494 e. The number of benzene rings is 1. The monoisotopic (exact) mass is 199 g/mol. The van der Waals surface area contributed by atoms with Crippen LogP contribution in [0.4, 0.5) is 10.1 Å². The van der Waals surface area contributed by atoms with Gasteiger partial charge in [0.25, 0.3) is 0 Å². The summed E-state index contributed by atoms with van der Waals surface area (Å²) in [6, 6.07) is 4.75. The summed E-state index contributed by atoms with van der Waals surface area (Å²) in [5, 5.41) is 3.02. The second kappa shape index (κ2) is 5.44. The van der Waals surface area contributed by atoms with Crippen LogP contribution < -0.4 is 10.1 Å². The van der Waals surface area contributed by atoms with Gasteiger partial charge in [-0.25, -0.2) is 4.39 Å². The molecule has 14 heavy (non-hydrogen) atoms. The van der Waals surface area contributed by atoms with Crippen LogP contribution in [0.2, 0.25) is 0 Å². The summed E-state index contributed by atoms with van der Waals surface area (Å²) in [7, 11) is 3.06. The molecule has 0 saturated heterocycles. The van der Waals surface area contributed by atoms with E-state index in [2.05, 4.69) is 5.32 Å². The molecule has 0 aromatic heterocycles. The Morgan fingerprint density at radius 3 is 2.71 bits per heavy atom. The van der Waals surface area contributed by atoms with Crippen LogP contribution in [0.25, 0.3) is 0 Å². The summed E-state index contributed by atoms with van der Waals surface area (Å²) in [4.78, 5) is 0. The van der Waals surface area contributed by atoms with Crippen LogP contribution in [-0.2, 0) is 4.74 Å². The fourth-order valence-corrected chi connectivity index (χ4v) is 1.07. The molecule has 1 aromatic carbocycles. The maximum atomic E-state index is 13.2. The first kappa shape index (κ1) is 10.8. The van der Waals surface area contributed by atoms with E-state index in [1.807, 2.05) is 0 Å². The van der Waals surface area contributed by atoms with Gasteiger partial charge in [0.2, 0.25) is 0 Å². The number of methoxy groups -OCH3 is 2. The third kappa shape index (κ3) is 2.88. The van der Waals surface area contributed by atoms with Gasteiger partial charge in [0.1, 0.15) is 0 Å². The lowest BCUT2D eigenvalue weighted by atomic mass is 10.3. The number of hydrogen-bond acceptors (Lipinski definition) is 3. The minimum Gasteiger partial charge on any atom is -0.494 e. The van der Waals surface area contributed by atoms with Crippen molar-refractivity contribution in [1.82, 2.24) is 0 Å². The fourth-order valence-electron chi connectivity index (χ4n) is 1.07. The second-order valence-corrected chi connectivity index (χ2v) is 2.77. The zero-order valence-electron chi connectivity index (χ0n) is 8.34. The smallest absolute Gasteiger partial charge is 0.167 e. The molecule has 0 aliphatic heterocycles. The Morgan fingerprint density at radius 1 is 1.36 bits per heavy atom. The standard InChI is InChI=1S/C10H14FNO2/c1-13-6-5-12-8-3-4-10(14-2)9(11)7-8/h3-4,7,12H,5-6H2,1-2H3. The molecule has 78 valence electrons. The molecule has 0 bridgehead atoms. The van der Waals surface area contributed by atoms with E-state index in [0.29, 0.717) is 13.2 Å². The average molecular weight is 199 g/mol. The van der Waals surface area contributed by atoms with Crippen molar-refractivity contribution < 1.29 is 13.9 Å². The maximum absolute atomic E-state index is 13.2. The van der Waals surface area contributed by atoms with Crippen LogP contribution in [0.3, 0.4) is 0 Å². The van der Waals surface area contributed by atoms with Crippen LogP contribution in [0.5, 0.6) is 5.75 Å². The van der Waals surface area contributed by atoms with Crippen molar-refractivity contribution in [3.8, 4) is 5.75 Å². The van der Waals surface area contributed by atoms with E-state index in [4.69, 9.17) is 9.47 Å². The molecule has 0 heterocycles. The average Bonchev–Trinajstić information content (AvgIpc) is 2.18. The molecule has 1 aromatic rings. The Hall–Kier alpha value is -1.29. The van der Waals surface area contributed by atoms with E-state index >= 15 is 0 Å². The highest BCUT2D eigenvalue weighted by molar-refractivity contribution is 5.47. The molecule has 0 spiro atoms. The number of nitrogens with one attached hydrogen (secondary N) is 1. The quantitative estimate of drug-likeness (QED) is 0.734. The molecule has 4 heteroatoms. The lowest BCUT2D eigenvalue weighted by Crippen LogP contribution is -2.07. The van der Waals surface area contributed by atoms with Crippen LogP contribution in [0.1, 0.15) is 0 Å². The Kier molecular flexibility index (Phi) is 4.19. The first-order valence-electron chi connectivity index (χ1n) is 4.34. The van der Waals surface area contributed by atoms with Crippen LogP contribution >= 0.6 is 0 Å². The number of ether oxygens (including phenoxy) is 2. The van der Waals surface area contributed by atoms with Gasteiger partial charge in [-0.2, -0.15) is 0 Å². The van der Waals surface area contributed by atoms with Crippen molar-refractivity contribution in [2.75, 3.05) is 32.7 Å². The number of halogens is 1. The summed E-state index contributed by atoms with van der Waals surface area (Å²) in [5.74, 6) is -0.114. The molecular formula is C10H14FNO2. The highest BCUT2D eigenvalue weighted by Gasteiger charge is 2.02. The van der Waals surface area contributed by atoms with E-state index in [-0.39, 0.29) is 11.6 Å². The Balaban J connectivity index is 2.57. The van der Waals surface area contributed by atoms with E-state index in [9.17, 15) is 4.39 Å². The SMILES string of the molecule is COCCNc1ccc(OC)c(F)c1. The molecule has 0 amide bonds. The molecule has 0 aliphatic rings. The van der Waals surface area contributed by atoms with Gasteiger partial charge in [0.15, 0.2) is 11.6 Å². The number of hydrogen-bond donors (Lipinski definition) is 1. The topological polar surface area (TPSA) is 30.5 Å². The van der Waals surface area contributed by atoms with Crippen molar-refractivity contribution in [2.24, 2.45) is 0 Å². The highest BCUT2D eigenvalue weighted by Crippen LogP contribution is 2.20. The molecule has 0 fully saturated rings. The zero-order valence-corrected chi connectivity index (χ0v) is 8.34. The lowest BCUT2D eigenvalue weighted by molar-refractivity contribution is 0.211. The molecule has 1 rings (SSSR count). The summed E-state index contributed by atoms with van der Waals surface area (Å²) in [5.41, 5.74) is 0.723. The van der Waals surface area contributed by atoms with Crippen LogP contribution in [-0.4, -0.2) is 27.4 Å². The van der Waals surface area contributed by atoms with Gasteiger partial charge in [0.05, 0.1) is 13.7 Å². The Morgan fingerprint density at radius 2 is 2.14 bits per heavy atom. The lowest BCUT2D eigenvalue weighted by Gasteiger charge is -2.07. The van der Waals surface area contributed by atoms with Crippen molar-refractivity contribution in [3.63, 3.8) is 0 Å². The predicted molar refractivity (Wildman–Crippen MR) is 53.3 cm³/mol. The first-order chi connectivity index (χ1) is 6.77. The number of rotatable bonds is 5. The van der Waals surface area contributed by atoms with Gasteiger partial charge in [0, 0.05) is 25.4 Å². The van der Waals surface area contributed by atoms with E-state index in [0.717, 1.165) is 5.69 Å². The molecular weight excluding hydrogens is 185 g/mol. The van der Waals surface area contributed by atoms with E-state index in [1.165, 1.54) is 13.2 Å². The molecule has 1 N–H and O–H groups in total. The van der Waals surface area contributed by atoms with Crippen molar-refractivity contribution in [1.29, 1.82) is 0 Å². The normalized spacial score (nSPS) is 9.93.